The van der Waals surface area contributed by atoms with Crippen molar-refractivity contribution >= 4 is 24.3 Å². The van der Waals surface area contributed by atoms with E-state index in [0.717, 1.165) is 0 Å². The van der Waals surface area contributed by atoms with E-state index < -0.39 is 30.5 Å². The minimum atomic E-state index is -1.19. The van der Waals surface area contributed by atoms with Gasteiger partial charge in [-0.2, -0.15) is 0 Å². The van der Waals surface area contributed by atoms with Crippen LogP contribution >= 0.6 is 0 Å². The second-order valence-electron chi connectivity index (χ2n) is 2.79. The Hall–Kier alpha value is -2.12. The predicted octanol–water partition coefficient (Wildman–Crippen LogP) is -2.14. The summed E-state index contributed by atoms with van der Waals surface area (Å²) in [6.45, 7) is 0.345. The van der Waals surface area contributed by atoms with Crippen LogP contribution < -0.4 is 10.6 Å². The van der Waals surface area contributed by atoms with Gasteiger partial charge >= 0.3 is 11.9 Å². The summed E-state index contributed by atoms with van der Waals surface area (Å²) in [5.41, 5.74) is 0. The van der Waals surface area contributed by atoms with Crippen LogP contribution in [0.3, 0.4) is 0 Å². The number of ether oxygens (including phenoxy) is 1. The van der Waals surface area contributed by atoms with Crippen LogP contribution in [0.15, 0.2) is 0 Å². The van der Waals surface area contributed by atoms with Crippen LogP contribution in [0.2, 0.25) is 0 Å². The van der Waals surface area contributed by atoms with Gasteiger partial charge in [-0.1, -0.05) is 0 Å². The molecule has 1 atom stereocenters. The van der Waals surface area contributed by atoms with E-state index in [1.54, 1.807) is 0 Å². The molecule has 90 valence electrons. The molecular weight excluding hydrogens is 220 g/mol. The SMILES string of the molecule is CC(NC(=O)COC(=O)CNC=O)C(=O)O. The number of carbonyl (C=O) groups excluding carboxylic acids is 3. The lowest BCUT2D eigenvalue weighted by Gasteiger charge is -2.09. The highest BCUT2D eigenvalue weighted by Crippen LogP contribution is 1.83. The number of nitrogens with one attached hydrogen (secondary N) is 2. The molecule has 0 rings (SSSR count). The number of rotatable bonds is 7. The zero-order chi connectivity index (χ0) is 12.6. The molecule has 0 aromatic rings. The second kappa shape index (κ2) is 7.21. The predicted molar refractivity (Wildman–Crippen MR) is 50.3 cm³/mol. The van der Waals surface area contributed by atoms with E-state index in [4.69, 9.17) is 5.11 Å². The fourth-order valence-corrected chi connectivity index (χ4v) is 0.667. The molecule has 0 aliphatic rings. The van der Waals surface area contributed by atoms with Gasteiger partial charge < -0.3 is 20.5 Å². The van der Waals surface area contributed by atoms with E-state index in [1.165, 1.54) is 6.92 Å². The van der Waals surface area contributed by atoms with Gasteiger partial charge in [-0.3, -0.25) is 19.2 Å². The molecule has 0 aliphatic heterocycles. The molecule has 0 aromatic carbocycles. The molecule has 0 fully saturated rings. The summed E-state index contributed by atoms with van der Waals surface area (Å²) in [5.74, 6) is -2.71. The third-order valence-corrected chi connectivity index (χ3v) is 1.44. The van der Waals surface area contributed by atoms with Crippen molar-refractivity contribution in [2.75, 3.05) is 13.2 Å². The minimum absolute atomic E-state index is 0.313. The molecule has 0 aliphatic carbocycles. The van der Waals surface area contributed by atoms with Crippen molar-refractivity contribution in [3.8, 4) is 0 Å². The highest BCUT2D eigenvalue weighted by Gasteiger charge is 2.14. The van der Waals surface area contributed by atoms with Gasteiger partial charge in [0.15, 0.2) is 6.61 Å². The lowest BCUT2D eigenvalue weighted by atomic mass is 10.3. The molecule has 0 saturated heterocycles. The summed E-state index contributed by atoms with van der Waals surface area (Å²) < 4.78 is 4.42. The average Bonchev–Trinajstić information content (AvgIpc) is 2.23. The summed E-state index contributed by atoms with van der Waals surface area (Å²) in [4.78, 5) is 41.9. The molecule has 0 spiro atoms. The number of amides is 2. The molecular formula is C8H12N2O6. The number of carboxylic acid groups (broad SMARTS) is 1. The first kappa shape index (κ1) is 13.9. The molecule has 16 heavy (non-hydrogen) atoms. The Labute approximate surface area is 90.9 Å². The fourth-order valence-electron chi connectivity index (χ4n) is 0.667. The number of hydrogen-bond donors (Lipinski definition) is 3. The Morgan fingerprint density at radius 2 is 2.06 bits per heavy atom. The third kappa shape index (κ3) is 6.35. The number of carbonyl (C=O) groups is 4. The van der Waals surface area contributed by atoms with Crippen LogP contribution in [0.5, 0.6) is 0 Å². The van der Waals surface area contributed by atoms with Crippen molar-refractivity contribution in [1.29, 1.82) is 0 Å². The van der Waals surface area contributed by atoms with Crippen molar-refractivity contribution in [3.63, 3.8) is 0 Å². The molecule has 0 radical (unpaired) electrons. The zero-order valence-electron chi connectivity index (χ0n) is 8.56. The van der Waals surface area contributed by atoms with E-state index >= 15 is 0 Å². The summed E-state index contributed by atoms with van der Waals surface area (Å²) in [6, 6.07) is -1.06. The smallest absolute Gasteiger partial charge is 0.325 e. The summed E-state index contributed by atoms with van der Waals surface area (Å²) >= 11 is 0. The lowest BCUT2D eigenvalue weighted by molar-refractivity contribution is -0.149. The first-order valence-electron chi connectivity index (χ1n) is 4.32. The second-order valence-corrected chi connectivity index (χ2v) is 2.79. The number of hydrogen-bond acceptors (Lipinski definition) is 5. The van der Waals surface area contributed by atoms with Gasteiger partial charge in [-0.25, -0.2) is 0 Å². The molecule has 0 aromatic heterocycles. The Balaban J connectivity index is 3.76. The van der Waals surface area contributed by atoms with Gasteiger partial charge in [0.1, 0.15) is 12.6 Å². The first-order chi connectivity index (χ1) is 7.47. The summed E-state index contributed by atoms with van der Waals surface area (Å²) in [5, 5.41) is 12.6. The third-order valence-electron chi connectivity index (χ3n) is 1.44. The van der Waals surface area contributed by atoms with Gasteiger partial charge in [-0.15, -0.1) is 0 Å². The van der Waals surface area contributed by atoms with Crippen LogP contribution in [-0.2, 0) is 23.9 Å². The molecule has 3 N–H and O–H groups in total. The van der Waals surface area contributed by atoms with E-state index in [2.05, 4.69) is 10.1 Å². The van der Waals surface area contributed by atoms with Crippen molar-refractivity contribution < 1.29 is 29.0 Å². The lowest BCUT2D eigenvalue weighted by Crippen LogP contribution is -2.41. The fraction of sp³-hybridized carbons (Fsp3) is 0.500. The van der Waals surface area contributed by atoms with Crippen LogP contribution in [0.4, 0.5) is 0 Å². The molecule has 8 heteroatoms. The van der Waals surface area contributed by atoms with E-state index in [0.29, 0.717) is 6.41 Å². The van der Waals surface area contributed by atoms with Crippen molar-refractivity contribution in [2.45, 2.75) is 13.0 Å². The minimum Gasteiger partial charge on any atom is -0.480 e. The summed E-state index contributed by atoms with van der Waals surface area (Å²) in [7, 11) is 0. The Morgan fingerprint density at radius 3 is 2.56 bits per heavy atom. The topological polar surface area (TPSA) is 122 Å². The normalized spacial score (nSPS) is 11.1. The molecule has 0 saturated carbocycles. The van der Waals surface area contributed by atoms with Crippen molar-refractivity contribution in [3.05, 3.63) is 0 Å². The van der Waals surface area contributed by atoms with Crippen LogP contribution in [0.25, 0.3) is 0 Å². The number of esters is 1. The van der Waals surface area contributed by atoms with E-state index in [9.17, 15) is 19.2 Å². The largest absolute Gasteiger partial charge is 0.480 e. The maximum atomic E-state index is 11.0. The van der Waals surface area contributed by atoms with Gasteiger partial charge in [0.05, 0.1) is 0 Å². The molecule has 8 nitrogen and oxygen atoms in total. The van der Waals surface area contributed by atoms with Gasteiger partial charge in [0.2, 0.25) is 6.41 Å². The van der Waals surface area contributed by atoms with Crippen LogP contribution in [0.1, 0.15) is 6.92 Å². The van der Waals surface area contributed by atoms with Gasteiger partial charge in [0, 0.05) is 0 Å². The zero-order valence-corrected chi connectivity index (χ0v) is 8.56. The molecule has 2 amide bonds. The van der Waals surface area contributed by atoms with Gasteiger partial charge in [-0.05, 0) is 6.92 Å². The highest BCUT2D eigenvalue weighted by atomic mass is 16.5. The molecule has 0 bridgehead atoms. The number of carboxylic acids is 1. The van der Waals surface area contributed by atoms with Crippen molar-refractivity contribution in [2.24, 2.45) is 0 Å². The maximum absolute atomic E-state index is 11.0. The molecule has 0 heterocycles. The standard InChI is InChI=1S/C8H12N2O6/c1-5(8(14)15)10-6(12)3-16-7(13)2-9-4-11/h4-5H,2-3H2,1H3,(H,9,11)(H,10,12)(H,14,15). The van der Waals surface area contributed by atoms with Crippen molar-refractivity contribution in [1.82, 2.24) is 10.6 Å². The average molecular weight is 232 g/mol. The highest BCUT2D eigenvalue weighted by molar-refractivity contribution is 5.85. The Morgan fingerprint density at radius 1 is 1.44 bits per heavy atom. The van der Waals surface area contributed by atoms with Crippen LogP contribution in [-0.4, -0.2) is 48.6 Å². The Kier molecular flexibility index (Phi) is 6.25. The van der Waals surface area contributed by atoms with Gasteiger partial charge in [0.25, 0.3) is 5.91 Å². The molecule has 1 unspecified atom stereocenters. The van der Waals surface area contributed by atoms with E-state index in [-0.39, 0.29) is 6.54 Å². The summed E-state index contributed by atoms with van der Waals surface area (Å²) in [6.07, 6.45) is 0.313. The number of aliphatic carboxylic acids is 1. The first-order valence-corrected chi connectivity index (χ1v) is 4.32. The maximum Gasteiger partial charge on any atom is 0.325 e. The van der Waals surface area contributed by atoms with Crippen LogP contribution in [0, 0.1) is 0 Å². The van der Waals surface area contributed by atoms with E-state index in [1.807, 2.05) is 5.32 Å². The quantitative estimate of drug-likeness (QED) is 0.340. The Bertz CT molecular complexity index is 290. The monoisotopic (exact) mass is 232 g/mol.